The van der Waals surface area contributed by atoms with E-state index in [-0.39, 0.29) is 28.5 Å². The van der Waals surface area contributed by atoms with E-state index in [9.17, 15) is 19.7 Å². The van der Waals surface area contributed by atoms with E-state index in [1.165, 1.54) is 37.5 Å². The Labute approximate surface area is 182 Å². The van der Waals surface area contributed by atoms with Crippen LogP contribution in [0.1, 0.15) is 26.3 Å². The first kappa shape index (κ1) is 21.7. The molecule has 0 radical (unpaired) electrons. The number of nitro benzene ring substituents is 1. The average Bonchev–Trinajstić information content (AvgIpc) is 2.78. The summed E-state index contributed by atoms with van der Waals surface area (Å²) < 4.78 is 10.6. The Hall–Kier alpha value is -3.97. The van der Waals surface area contributed by atoms with Crippen LogP contribution in [-0.4, -0.2) is 23.8 Å². The summed E-state index contributed by atoms with van der Waals surface area (Å²) in [6, 6.07) is 16.5. The number of esters is 1. The molecular formula is C23H16ClNO6. The van der Waals surface area contributed by atoms with Crippen molar-refractivity contribution in [3.05, 3.63) is 105 Å². The fourth-order valence-corrected chi connectivity index (χ4v) is 2.79. The predicted octanol–water partition coefficient (Wildman–Crippen LogP) is 5.37. The van der Waals surface area contributed by atoms with E-state index in [0.717, 1.165) is 6.07 Å². The van der Waals surface area contributed by atoms with Crippen LogP contribution in [0.15, 0.2) is 72.8 Å². The highest BCUT2D eigenvalue weighted by atomic mass is 35.5. The summed E-state index contributed by atoms with van der Waals surface area (Å²) in [5, 5.41) is 11.4. The van der Waals surface area contributed by atoms with Crippen molar-refractivity contribution in [1.82, 2.24) is 0 Å². The van der Waals surface area contributed by atoms with E-state index in [1.807, 2.05) is 0 Å². The second kappa shape index (κ2) is 9.69. The smallest absolute Gasteiger partial charge is 0.343 e. The molecule has 3 aromatic rings. The van der Waals surface area contributed by atoms with Gasteiger partial charge in [-0.1, -0.05) is 29.8 Å². The first-order valence-electron chi connectivity index (χ1n) is 9.00. The third-order valence-corrected chi connectivity index (χ3v) is 4.49. The van der Waals surface area contributed by atoms with Gasteiger partial charge in [0, 0.05) is 22.7 Å². The van der Waals surface area contributed by atoms with E-state index >= 15 is 0 Å². The van der Waals surface area contributed by atoms with Gasteiger partial charge in [0.25, 0.3) is 5.69 Å². The summed E-state index contributed by atoms with van der Waals surface area (Å²) in [5.74, 6) is -0.555. The van der Waals surface area contributed by atoms with Crippen molar-refractivity contribution in [2.24, 2.45) is 0 Å². The number of methoxy groups -OCH3 is 1. The van der Waals surface area contributed by atoms with Crippen LogP contribution in [0.4, 0.5) is 5.69 Å². The Morgan fingerprint density at radius 1 is 0.968 bits per heavy atom. The maximum atomic E-state index is 12.4. The van der Waals surface area contributed by atoms with Crippen LogP contribution in [0.25, 0.3) is 6.08 Å². The lowest BCUT2D eigenvalue weighted by Crippen LogP contribution is -2.09. The van der Waals surface area contributed by atoms with E-state index in [1.54, 1.807) is 42.5 Å². The summed E-state index contributed by atoms with van der Waals surface area (Å²) in [4.78, 5) is 34.9. The molecule has 0 aliphatic carbocycles. The molecule has 0 spiro atoms. The maximum absolute atomic E-state index is 12.4. The maximum Gasteiger partial charge on any atom is 0.343 e. The molecule has 0 saturated carbocycles. The van der Waals surface area contributed by atoms with Gasteiger partial charge in [0.2, 0.25) is 0 Å². The zero-order valence-corrected chi connectivity index (χ0v) is 17.0. The van der Waals surface area contributed by atoms with Crippen LogP contribution in [0, 0.1) is 10.1 Å². The summed E-state index contributed by atoms with van der Waals surface area (Å²) >= 11 is 5.83. The van der Waals surface area contributed by atoms with Gasteiger partial charge >= 0.3 is 5.97 Å². The Bertz CT molecular complexity index is 1170. The van der Waals surface area contributed by atoms with Crippen LogP contribution in [-0.2, 0) is 0 Å². The molecule has 156 valence electrons. The second-order valence-electron chi connectivity index (χ2n) is 6.31. The molecular weight excluding hydrogens is 422 g/mol. The first-order chi connectivity index (χ1) is 14.9. The van der Waals surface area contributed by atoms with Crippen molar-refractivity contribution < 1.29 is 24.0 Å². The van der Waals surface area contributed by atoms with Gasteiger partial charge in [-0.2, -0.15) is 0 Å². The van der Waals surface area contributed by atoms with E-state index in [2.05, 4.69) is 0 Å². The van der Waals surface area contributed by atoms with Crippen molar-refractivity contribution in [3.63, 3.8) is 0 Å². The molecule has 0 aliphatic rings. The number of hydrogen-bond donors (Lipinski definition) is 0. The van der Waals surface area contributed by atoms with Gasteiger partial charge in [-0.05, 0) is 54.1 Å². The minimum Gasteiger partial charge on any atom is -0.493 e. The standard InChI is InChI=1S/C23H16ClNO6/c1-30-22-13-15(5-11-20(26)16-7-9-18(24)10-8-16)6-12-21(22)31-23(27)17-3-2-4-19(14-17)25(28)29/h2-14H,1H3. The Morgan fingerprint density at radius 2 is 1.71 bits per heavy atom. The molecule has 7 nitrogen and oxygen atoms in total. The molecule has 0 N–H and O–H groups in total. The van der Waals surface area contributed by atoms with Gasteiger partial charge in [0.1, 0.15) is 0 Å². The number of nitro groups is 1. The zero-order chi connectivity index (χ0) is 22.4. The van der Waals surface area contributed by atoms with E-state index in [0.29, 0.717) is 16.1 Å². The topological polar surface area (TPSA) is 95.7 Å². The fraction of sp³-hybridized carbons (Fsp3) is 0.0435. The minimum absolute atomic E-state index is 0.0359. The van der Waals surface area contributed by atoms with Crippen LogP contribution >= 0.6 is 11.6 Å². The van der Waals surface area contributed by atoms with Crippen LogP contribution in [0.3, 0.4) is 0 Å². The average molecular weight is 438 g/mol. The Morgan fingerprint density at radius 3 is 2.39 bits per heavy atom. The molecule has 3 aromatic carbocycles. The molecule has 0 fully saturated rings. The van der Waals surface area contributed by atoms with Crippen molar-refractivity contribution in [2.75, 3.05) is 7.11 Å². The highest BCUT2D eigenvalue weighted by Crippen LogP contribution is 2.29. The molecule has 0 unspecified atom stereocenters. The monoisotopic (exact) mass is 437 g/mol. The first-order valence-corrected chi connectivity index (χ1v) is 9.38. The molecule has 0 amide bonds. The fourth-order valence-electron chi connectivity index (χ4n) is 2.66. The molecule has 0 bridgehead atoms. The van der Waals surface area contributed by atoms with Crippen molar-refractivity contribution in [3.8, 4) is 11.5 Å². The number of ether oxygens (including phenoxy) is 2. The highest BCUT2D eigenvalue weighted by Gasteiger charge is 2.16. The lowest BCUT2D eigenvalue weighted by atomic mass is 10.1. The number of halogens is 1. The number of rotatable bonds is 7. The third-order valence-electron chi connectivity index (χ3n) is 4.24. The molecule has 0 atom stereocenters. The number of allylic oxidation sites excluding steroid dienone is 1. The van der Waals surface area contributed by atoms with Crippen LogP contribution in [0.2, 0.25) is 5.02 Å². The minimum atomic E-state index is -0.761. The van der Waals surface area contributed by atoms with Crippen molar-refractivity contribution >= 4 is 35.1 Å². The normalized spacial score (nSPS) is 10.6. The lowest BCUT2D eigenvalue weighted by Gasteiger charge is -2.10. The van der Waals surface area contributed by atoms with Gasteiger partial charge < -0.3 is 9.47 Å². The number of ketones is 1. The van der Waals surface area contributed by atoms with Gasteiger partial charge in [0.05, 0.1) is 17.6 Å². The van der Waals surface area contributed by atoms with E-state index in [4.69, 9.17) is 21.1 Å². The molecule has 3 rings (SSSR count). The molecule has 8 heteroatoms. The zero-order valence-electron chi connectivity index (χ0n) is 16.3. The molecule has 31 heavy (non-hydrogen) atoms. The largest absolute Gasteiger partial charge is 0.493 e. The summed E-state index contributed by atoms with van der Waals surface area (Å²) in [6.45, 7) is 0. The Kier molecular flexibility index (Phi) is 6.79. The number of hydrogen-bond acceptors (Lipinski definition) is 6. The number of carbonyl (C=O) groups excluding carboxylic acids is 2. The summed E-state index contributed by atoms with van der Waals surface area (Å²) in [6.07, 6.45) is 3.01. The van der Waals surface area contributed by atoms with Gasteiger partial charge in [-0.15, -0.1) is 0 Å². The lowest BCUT2D eigenvalue weighted by molar-refractivity contribution is -0.384. The van der Waals surface area contributed by atoms with Gasteiger partial charge in [-0.25, -0.2) is 4.79 Å². The number of carbonyl (C=O) groups is 2. The quantitative estimate of drug-likeness (QED) is 0.123. The number of nitrogens with zero attached hydrogens (tertiary/aromatic N) is 1. The predicted molar refractivity (Wildman–Crippen MR) is 116 cm³/mol. The molecule has 0 heterocycles. The summed E-state index contributed by atoms with van der Waals surface area (Å²) in [5.41, 5.74) is 0.963. The SMILES string of the molecule is COc1cc(C=CC(=O)c2ccc(Cl)cc2)ccc1OC(=O)c1cccc([N+](=O)[O-])c1. The highest BCUT2D eigenvalue weighted by molar-refractivity contribution is 6.30. The van der Waals surface area contributed by atoms with Crippen molar-refractivity contribution in [1.29, 1.82) is 0 Å². The number of benzene rings is 3. The Balaban J connectivity index is 1.76. The molecule has 0 saturated heterocycles. The molecule has 0 aliphatic heterocycles. The molecule has 0 aromatic heterocycles. The summed E-state index contributed by atoms with van der Waals surface area (Å²) in [7, 11) is 1.41. The second-order valence-corrected chi connectivity index (χ2v) is 6.75. The van der Waals surface area contributed by atoms with Gasteiger partial charge in [-0.3, -0.25) is 14.9 Å². The van der Waals surface area contributed by atoms with Gasteiger partial charge in [0.15, 0.2) is 17.3 Å². The third kappa shape index (κ3) is 5.55. The van der Waals surface area contributed by atoms with E-state index < -0.39 is 10.9 Å². The van der Waals surface area contributed by atoms with Crippen LogP contribution in [0.5, 0.6) is 11.5 Å². The number of non-ortho nitro benzene ring substituents is 1. The van der Waals surface area contributed by atoms with Crippen molar-refractivity contribution in [2.45, 2.75) is 0 Å². The van der Waals surface area contributed by atoms with Crippen LogP contribution < -0.4 is 9.47 Å².